The van der Waals surface area contributed by atoms with Crippen molar-refractivity contribution in [1.29, 1.82) is 0 Å². The van der Waals surface area contributed by atoms with E-state index in [1.165, 1.54) is 29.4 Å². The van der Waals surface area contributed by atoms with Crippen molar-refractivity contribution in [3.05, 3.63) is 74.8 Å². The molecule has 0 saturated carbocycles. The largest absolute Gasteiger partial charge is 0.351 e. The third kappa shape index (κ3) is 4.20. The topological polar surface area (TPSA) is 110 Å². The average molecular weight is 403 g/mol. The number of benzene rings is 2. The summed E-state index contributed by atoms with van der Waals surface area (Å²) in [5.41, 5.74) is 2.42. The van der Waals surface area contributed by atoms with Gasteiger partial charge >= 0.3 is 0 Å². The fourth-order valence-corrected chi connectivity index (χ4v) is 4.62. The Morgan fingerprint density at radius 3 is 2.61 bits per heavy atom. The number of amides is 1. The van der Waals surface area contributed by atoms with Crippen LogP contribution in [0.2, 0.25) is 0 Å². The van der Waals surface area contributed by atoms with E-state index >= 15 is 0 Å². The smallest absolute Gasteiger partial charge is 0.273 e. The van der Waals surface area contributed by atoms with Gasteiger partial charge in [0.1, 0.15) is 0 Å². The monoisotopic (exact) mass is 403 g/mol. The van der Waals surface area contributed by atoms with Gasteiger partial charge in [-0.1, -0.05) is 30.3 Å². The standard InChI is InChI=1S/C19H21N3O5S/c1-14-17(7-4-8-18(14)22(24)25)19(23)20-10-12-28(26,27)21-11-9-15-5-2-3-6-16(15)13-21/h2-8H,9-13H2,1H3,(H,20,23). The summed E-state index contributed by atoms with van der Waals surface area (Å²) in [5.74, 6) is -0.755. The lowest BCUT2D eigenvalue weighted by atomic mass is 10.0. The molecule has 0 atom stereocenters. The van der Waals surface area contributed by atoms with Gasteiger partial charge in [0.15, 0.2) is 0 Å². The number of rotatable bonds is 6. The van der Waals surface area contributed by atoms with E-state index in [2.05, 4.69) is 5.32 Å². The van der Waals surface area contributed by atoms with Gasteiger partial charge in [-0.3, -0.25) is 14.9 Å². The third-order valence-electron chi connectivity index (χ3n) is 4.88. The van der Waals surface area contributed by atoms with Crippen LogP contribution in [0, 0.1) is 17.0 Å². The molecular weight excluding hydrogens is 382 g/mol. The zero-order valence-electron chi connectivity index (χ0n) is 15.4. The van der Waals surface area contributed by atoms with E-state index in [4.69, 9.17) is 0 Å². The molecule has 0 aliphatic carbocycles. The molecule has 1 amide bonds. The summed E-state index contributed by atoms with van der Waals surface area (Å²) in [6.45, 7) is 2.17. The molecule has 0 bridgehead atoms. The molecule has 3 rings (SSSR count). The van der Waals surface area contributed by atoms with E-state index in [-0.39, 0.29) is 29.1 Å². The molecule has 1 aliphatic heterocycles. The lowest BCUT2D eigenvalue weighted by Gasteiger charge is -2.28. The van der Waals surface area contributed by atoms with Crippen molar-refractivity contribution in [3.8, 4) is 0 Å². The van der Waals surface area contributed by atoms with Crippen LogP contribution >= 0.6 is 0 Å². The van der Waals surface area contributed by atoms with Crippen molar-refractivity contribution >= 4 is 21.6 Å². The van der Waals surface area contributed by atoms with Gasteiger partial charge in [-0.2, -0.15) is 4.31 Å². The molecule has 1 aliphatic rings. The molecular formula is C19H21N3O5S. The van der Waals surface area contributed by atoms with Crippen LogP contribution < -0.4 is 5.32 Å². The van der Waals surface area contributed by atoms with Crippen LogP contribution in [-0.2, 0) is 23.0 Å². The molecule has 0 spiro atoms. The Balaban J connectivity index is 1.61. The number of sulfonamides is 1. The number of carbonyl (C=O) groups is 1. The van der Waals surface area contributed by atoms with Crippen molar-refractivity contribution in [2.24, 2.45) is 0 Å². The predicted molar refractivity (Wildman–Crippen MR) is 105 cm³/mol. The Hall–Kier alpha value is -2.78. The van der Waals surface area contributed by atoms with Crippen molar-refractivity contribution in [2.75, 3.05) is 18.8 Å². The molecule has 0 aromatic heterocycles. The maximum Gasteiger partial charge on any atom is 0.273 e. The number of carbonyl (C=O) groups excluding carboxylic acids is 1. The summed E-state index contributed by atoms with van der Waals surface area (Å²) < 4.78 is 26.6. The molecule has 2 aromatic carbocycles. The van der Waals surface area contributed by atoms with Crippen LogP contribution in [0.4, 0.5) is 5.69 Å². The number of nitrogens with one attached hydrogen (secondary N) is 1. The molecule has 1 heterocycles. The fraction of sp³-hybridized carbons (Fsp3) is 0.316. The fourth-order valence-electron chi connectivity index (χ4n) is 3.29. The molecule has 2 aromatic rings. The Labute approximate surface area is 163 Å². The van der Waals surface area contributed by atoms with Gasteiger partial charge in [-0.25, -0.2) is 8.42 Å². The Morgan fingerprint density at radius 2 is 1.89 bits per heavy atom. The van der Waals surface area contributed by atoms with E-state index in [1.807, 2.05) is 24.3 Å². The van der Waals surface area contributed by atoms with Crippen LogP contribution in [0.15, 0.2) is 42.5 Å². The first-order chi connectivity index (χ1) is 13.3. The zero-order chi connectivity index (χ0) is 20.3. The molecule has 148 valence electrons. The van der Waals surface area contributed by atoms with Crippen LogP contribution in [0.25, 0.3) is 0 Å². The first-order valence-corrected chi connectivity index (χ1v) is 10.5. The van der Waals surface area contributed by atoms with Gasteiger partial charge in [-0.15, -0.1) is 0 Å². The molecule has 0 fully saturated rings. The Morgan fingerprint density at radius 1 is 1.18 bits per heavy atom. The van der Waals surface area contributed by atoms with Gasteiger partial charge in [0, 0.05) is 36.8 Å². The summed E-state index contributed by atoms with van der Waals surface area (Å²) >= 11 is 0. The van der Waals surface area contributed by atoms with E-state index in [9.17, 15) is 23.3 Å². The maximum atomic E-state index is 12.6. The molecule has 0 radical (unpaired) electrons. The minimum Gasteiger partial charge on any atom is -0.351 e. The van der Waals surface area contributed by atoms with Gasteiger partial charge in [0.05, 0.1) is 10.7 Å². The quantitative estimate of drug-likeness (QED) is 0.586. The maximum absolute atomic E-state index is 12.6. The van der Waals surface area contributed by atoms with Gasteiger partial charge in [0.25, 0.3) is 11.6 Å². The highest BCUT2D eigenvalue weighted by Gasteiger charge is 2.26. The summed E-state index contributed by atoms with van der Waals surface area (Å²) in [7, 11) is -3.53. The molecule has 0 unspecified atom stereocenters. The summed E-state index contributed by atoms with van der Waals surface area (Å²) in [5, 5.41) is 13.5. The molecule has 8 nitrogen and oxygen atoms in total. The van der Waals surface area contributed by atoms with E-state index in [0.717, 1.165) is 11.1 Å². The van der Waals surface area contributed by atoms with E-state index < -0.39 is 20.9 Å². The number of nitrogens with zero attached hydrogens (tertiary/aromatic N) is 2. The van der Waals surface area contributed by atoms with Crippen molar-refractivity contribution in [2.45, 2.75) is 19.9 Å². The first-order valence-electron chi connectivity index (χ1n) is 8.86. The third-order valence-corrected chi connectivity index (χ3v) is 6.70. The van der Waals surface area contributed by atoms with Crippen molar-refractivity contribution in [1.82, 2.24) is 9.62 Å². The lowest BCUT2D eigenvalue weighted by Crippen LogP contribution is -2.40. The second kappa shape index (κ2) is 8.07. The number of nitro benzene ring substituents is 1. The normalized spacial score (nSPS) is 14.3. The first kappa shape index (κ1) is 20.0. The summed E-state index contributed by atoms with van der Waals surface area (Å²) in [6.07, 6.45) is 0.661. The van der Waals surface area contributed by atoms with Crippen LogP contribution in [0.1, 0.15) is 27.0 Å². The predicted octanol–water partition coefficient (Wildman–Crippen LogP) is 2.02. The second-order valence-corrected chi connectivity index (χ2v) is 8.72. The van der Waals surface area contributed by atoms with Crippen LogP contribution in [0.3, 0.4) is 0 Å². The van der Waals surface area contributed by atoms with Crippen LogP contribution in [0.5, 0.6) is 0 Å². The van der Waals surface area contributed by atoms with Crippen molar-refractivity contribution in [3.63, 3.8) is 0 Å². The van der Waals surface area contributed by atoms with Gasteiger partial charge in [-0.05, 0) is 30.5 Å². The number of hydrogen-bond donors (Lipinski definition) is 1. The highest BCUT2D eigenvalue weighted by molar-refractivity contribution is 7.89. The lowest BCUT2D eigenvalue weighted by molar-refractivity contribution is -0.385. The Kier molecular flexibility index (Phi) is 5.76. The van der Waals surface area contributed by atoms with Crippen LogP contribution in [-0.4, -0.2) is 42.4 Å². The van der Waals surface area contributed by atoms with Gasteiger partial charge < -0.3 is 5.32 Å². The minimum atomic E-state index is -3.53. The summed E-state index contributed by atoms with van der Waals surface area (Å²) in [6, 6.07) is 12.0. The second-order valence-electron chi connectivity index (χ2n) is 6.63. The Bertz CT molecular complexity index is 1020. The molecule has 1 N–H and O–H groups in total. The number of hydrogen-bond acceptors (Lipinski definition) is 5. The molecule has 28 heavy (non-hydrogen) atoms. The van der Waals surface area contributed by atoms with Gasteiger partial charge in [0.2, 0.25) is 10.0 Å². The average Bonchev–Trinajstić information content (AvgIpc) is 2.67. The van der Waals surface area contributed by atoms with E-state index in [1.54, 1.807) is 0 Å². The zero-order valence-corrected chi connectivity index (χ0v) is 16.2. The number of nitro groups is 1. The number of fused-ring (bicyclic) bond motifs is 1. The minimum absolute atomic E-state index is 0.0680. The molecule has 0 saturated heterocycles. The van der Waals surface area contributed by atoms with E-state index in [0.29, 0.717) is 19.5 Å². The van der Waals surface area contributed by atoms with Crippen molar-refractivity contribution < 1.29 is 18.1 Å². The highest BCUT2D eigenvalue weighted by atomic mass is 32.2. The molecule has 9 heteroatoms. The highest BCUT2D eigenvalue weighted by Crippen LogP contribution is 2.22. The SMILES string of the molecule is Cc1c(C(=O)NCCS(=O)(=O)N2CCc3ccccc3C2)cccc1[N+](=O)[O-]. The summed E-state index contributed by atoms with van der Waals surface area (Å²) in [4.78, 5) is 22.8.